The van der Waals surface area contributed by atoms with E-state index in [0.717, 1.165) is 12.0 Å². The molecule has 0 aliphatic rings. The first-order valence-corrected chi connectivity index (χ1v) is 10.1. The summed E-state index contributed by atoms with van der Waals surface area (Å²) >= 11 is 0. The van der Waals surface area contributed by atoms with Crippen molar-refractivity contribution in [2.75, 3.05) is 12.8 Å². The number of hydrogen-bond acceptors (Lipinski definition) is 6. The van der Waals surface area contributed by atoms with Crippen LogP contribution < -0.4 is 10.5 Å². The molecule has 27 heavy (non-hydrogen) atoms. The van der Waals surface area contributed by atoms with E-state index in [9.17, 15) is 8.42 Å². The van der Waals surface area contributed by atoms with Gasteiger partial charge in [-0.2, -0.15) is 0 Å². The SMILES string of the molecule is CCc1ccc(-c2cnc3cc(OC)c(S(=O)(=O)C(C)(C)C)cn23)nc1N. The van der Waals surface area contributed by atoms with Crippen molar-refractivity contribution in [2.24, 2.45) is 0 Å². The van der Waals surface area contributed by atoms with Crippen molar-refractivity contribution >= 4 is 21.3 Å². The van der Waals surface area contributed by atoms with Crippen molar-refractivity contribution in [3.63, 3.8) is 0 Å². The molecule has 0 saturated heterocycles. The van der Waals surface area contributed by atoms with E-state index in [1.165, 1.54) is 7.11 Å². The molecule has 0 bridgehead atoms. The quantitative estimate of drug-likeness (QED) is 0.737. The predicted octanol–water partition coefficient (Wildman–Crippen LogP) is 3.12. The summed E-state index contributed by atoms with van der Waals surface area (Å²) < 4.78 is 32.1. The van der Waals surface area contributed by atoms with Crippen LogP contribution in [0.15, 0.2) is 35.5 Å². The molecule has 7 nitrogen and oxygen atoms in total. The Hall–Kier alpha value is -2.61. The molecule has 0 aliphatic heterocycles. The molecule has 2 N–H and O–H groups in total. The van der Waals surface area contributed by atoms with Gasteiger partial charge >= 0.3 is 0 Å². The summed E-state index contributed by atoms with van der Waals surface area (Å²) in [6, 6.07) is 5.40. The lowest BCUT2D eigenvalue weighted by Gasteiger charge is -2.21. The highest BCUT2D eigenvalue weighted by Gasteiger charge is 2.34. The van der Waals surface area contributed by atoms with Crippen LogP contribution in [0.2, 0.25) is 0 Å². The van der Waals surface area contributed by atoms with Gasteiger partial charge < -0.3 is 10.5 Å². The summed E-state index contributed by atoms with van der Waals surface area (Å²) in [5, 5.41) is 0. The Bertz CT molecular complexity index is 1110. The summed E-state index contributed by atoms with van der Waals surface area (Å²) in [7, 11) is -2.18. The lowest BCUT2D eigenvalue weighted by Crippen LogP contribution is -2.28. The fourth-order valence-electron chi connectivity index (χ4n) is 2.81. The van der Waals surface area contributed by atoms with E-state index in [2.05, 4.69) is 9.97 Å². The van der Waals surface area contributed by atoms with Gasteiger partial charge in [0.05, 0.1) is 29.4 Å². The van der Waals surface area contributed by atoms with Crippen molar-refractivity contribution in [2.45, 2.75) is 43.8 Å². The van der Waals surface area contributed by atoms with Gasteiger partial charge in [0.15, 0.2) is 9.84 Å². The fraction of sp³-hybridized carbons (Fsp3) is 0.368. The molecule has 0 spiro atoms. The molecule has 3 rings (SSSR count). The molecule has 0 aromatic carbocycles. The molecule has 3 aromatic heterocycles. The number of ether oxygens (including phenoxy) is 1. The Kier molecular flexibility index (Phi) is 4.63. The smallest absolute Gasteiger partial charge is 0.188 e. The van der Waals surface area contributed by atoms with Crippen LogP contribution in [0.5, 0.6) is 5.75 Å². The zero-order valence-corrected chi connectivity index (χ0v) is 17.0. The van der Waals surface area contributed by atoms with E-state index in [1.807, 2.05) is 19.1 Å². The first kappa shape index (κ1) is 19.2. The summed E-state index contributed by atoms with van der Waals surface area (Å²) in [4.78, 5) is 8.94. The van der Waals surface area contributed by atoms with Crippen LogP contribution in [-0.2, 0) is 16.3 Å². The van der Waals surface area contributed by atoms with Gasteiger partial charge in [0.1, 0.15) is 22.1 Å². The normalized spacial score (nSPS) is 12.5. The Labute approximate surface area is 159 Å². The van der Waals surface area contributed by atoms with Gasteiger partial charge in [-0.1, -0.05) is 13.0 Å². The lowest BCUT2D eigenvalue weighted by molar-refractivity contribution is 0.401. The summed E-state index contributed by atoms with van der Waals surface area (Å²) in [5.74, 6) is 0.726. The van der Waals surface area contributed by atoms with Crippen LogP contribution in [0.4, 0.5) is 5.82 Å². The third-order valence-electron chi connectivity index (χ3n) is 4.55. The average molecular weight is 388 g/mol. The van der Waals surface area contributed by atoms with Gasteiger partial charge in [0.25, 0.3) is 0 Å². The van der Waals surface area contributed by atoms with Gasteiger partial charge in [0.2, 0.25) is 0 Å². The average Bonchev–Trinajstić information content (AvgIpc) is 3.02. The van der Waals surface area contributed by atoms with E-state index < -0.39 is 14.6 Å². The van der Waals surface area contributed by atoms with Crippen molar-refractivity contribution < 1.29 is 13.2 Å². The van der Waals surface area contributed by atoms with Crippen LogP contribution in [-0.4, -0.2) is 34.6 Å². The third-order valence-corrected chi connectivity index (χ3v) is 7.04. The number of hydrogen-bond donors (Lipinski definition) is 1. The van der Waals surface area contributed by atoms with Crippen LogP contribution >= 0.6 is 0 Å². The maximum atomic E-state index is 13.0. The maximum absolute atomic E-state index is 13.0. The Morgan fingerprint density at radius 2 is 1.96 bits per heavy atom. The highest BCUT2D eigenvalue weighted by Crippen LogP contribution is 2.34. The highest BCUT2D eigenvalue weighted by molar-refractivity contribution is 7.92. The Morgan fingerprint density at radius 1 is 1.26 bits per heavy atom. The minimum Gasteiger partial charge on any atom is -0.495 e. The molecule has 0 saturated carbocycles. The van der Waals surface area contributed by atoms with Gasteiger partial charge in [-0.05, 0) is 38.8 Å². The number of sulfone groups is 1. The topological polar surface area (TPSA) is 99.6 Å². The van der Waals surface area contributed by atoms with Crippen molar-refractivity contribution in [1.29, 1.82) is 0 Å². The van der Waals surface area contributed by atoms with E-state index in [-0.39, 0.29) is 10.6 Å². The Balaban J connectivity index is 2.27. The second-order valence-electron chi connectivity index (χ2n) is 7.29. The van der Waals surface area contributed by atoms with E-state index in [0.29, 0.717) is 22.9 Å². The molecule has 0 amide bonds. The molecule has 8 heteroatoms. The fourth-order valence-corrected chi connectivity index (χ4v) is 4.12. The molecule has 144 valence electrons. The minimum atomic E-state index is -3.63. The monoisotopic (exact) mass is 388 g/mol. The van der Waals surface area contributed by atoms with E-state index in [4.69, 9.17) is 10.5 Å². The number of rotatable bonds is 4. The second kappa shape index (κ2) is 6.53. The van der Waals surface area contributed by atoms with Crippen LogP contribution in [0, 0.1) is 0 Å². The molecule has 0 unspecified atom stereocenters. The number of methoxy groups -OCH3 is 1. The molecule has 0 aliphatic carbocycles. The number of nitrogens with two attached hydrogens (primary N) is 1. The largest absolute Gasteiger partial charge is 0.495 e. The van der Waals surface area contributed by atoms with Gasteiger partial charge in [0, 0.05) is 12.3 Å². The van der Waals surface area contributed by atoms with Gasteiger partial charge in [-0.3, -0.25) is 4.40 Å². The minimum absolute atomic E-state index is 0.113. The van der Waals surface area contributed by atoms with Crippen molar-refractivity contribution in [1.82, 2.24) is 14.4 Å². The highest BCUT2D eigenvalue weighted by atomic mass is 32.2. The number of aromatic nitrogens is 3. The maximum Gasteiger partial charge on any atom is 0.188 e. The molecule has 0 fully saturated rings. The van der Waals surface area contributed by atoms with Crippen LogP contribution in [0.3, 0.4) is 0 Å². The van der Waals surface area contributed by atoms with Gasteiger partial charge in [-0.25, -0.2) is 18.4 Å². The standard InChI is InChI=1S/C19H24N4O3S/c1-6-12-7-8-13(22-18(12)20)14-10-21-17-9-15(26-5)16(11-23(14)17)27(24,25)19(2,3)4/h7-11H,6H2,1-5H3,(H2,20,22). The van der Waals surface area contributed by atoms with E-state index >= 15 is 0 Å². The molecule has 3 aromatic rings. The lowest BCUT2D eigenvalue weighted by atomic mass is 10.1. The number of aryl methyl sites for hydroxylation is 1. The summed E-state index contributed by atoms with van der Waals surface area (Å²) in [6.07, 6.45) is 3.98. The van der Waals surface area contributed by atoms with Crippen LogP contribution in [0.25, 0.3) is 17.0 Å². The first-order valence-electron chi connectivity index (χ1n) is 8.65. The predicted molar refractivity (Wildman–Crippen MR) is 106 cm³/mol. The number of imidazole rings is 1. The second-order valence-corrected chi connectivity index (χ2v) is 9.96. The van der Waals surface area contributed by atoms with Crippen molar-refractivity contribution in [3.8, 4) is 17.1 Å². The Morgan fingerprint density at radius 3 is 2.52 bits per heavy atom. The number of pyridine rings is 2. The zero-order chi connectivity index (χ0) is 20.0. The van der Waals surface area contributed by atoms with E-state index in [1.54, 1.807) is 43.6 Å². The molecular formula is C19H24N4O3S. The summed E-state index contributed by atoms with van der Waals surface area (Å²) in [5.41, 5.74) is 8.84. The molecule has 3 heterocycles. The first-order chi connectivity index (χ1) is 12.6. The third kappa shape index (κ3) is 3.14. The number of fused-ring (bicyclic) bond motifs is 1. The molecule has 0 radical (unpaired) electrons. The van der Waals surface area contributed by atoms with Gasteiger partial charge in [-0.15, -0.1) is 0 Å². The summed E-state index contributed by atoms with van der Waals surface area (Å²) in [6.45, 7) is 6.99. The number of nitrogens with zero attached hydrogens (tertiary/aromatic N) is 3. The number of anilines is 1. The molecule has 0 atom stereocenters. The number of nitrogen functional groups attached to an aromatic ring is 1. The van der Waals surface area contributed by atoms with Crippen molar-refractivity contribution in [3.05, 3.63) is 36.2 Å². The van der Waals surface area contributed by atoms with Crippen LogP contribution in [0.1, 0.15) is 33.3 Å². The zero-order valence-electron chi connectivity index (χ0n) is 16.1. The molecular weight excluding hydrogens is 364 g/mol.